The van der Waals surface area contributed by atoms with E-state index in [1.54, 1.807) is 11.3 Å². The summed E-state index contributed by atoms with van der Waals surface area (Å²) in [6.45, 7) is 4.18. The number of hydrogen-bond donors (Lipinski definition) is 1. The van der Waals surface area contributed by atoms with Crippen LogP contribution in [0.25, 0.3) is 10.2 Å². The van der Waals surface area contributed by atoms with Gasteiger partial charge in [-0.15, -0.1) is 11.3 Å². The molecule has 0 aliphatic carbocycles. The van der Waals surface area contributed by atoms with E-state index in [4.69, 9.17) is 0 Å². The van der Waals surface area contributed by atoms with Gasteiger partial charge < -0.3 is 5.11 Å². The highest BCUT2D eigenvalue weighted by Crippen LogP contribution is 2.33. The molecule has 0 amide bonds. The molecule has 0 radical (unpaired) electrons. The summed E-state index contributed by atoms with van der Waals surface area (Å²) in [5.74, 6) is 0.487. The van der Waals surface area contributed by atoms with E-state index in [2.05, 4.69) is 23.8 Å². The van der Waals surface area contributed by atoms with E-state index in [0.717, 1.165) is 15.8 Å². The highest BCUT2D eigenvalue weighted by Gasteiger charge is 2.12. The predicted octanol–water partition coefficient (Wildman–Crippen LogP) is 2.52. The third-order valence-corrected chi connectivity index (χ3v) is 2.91. The lowest BCUT2D eigenvalue weighted by Crippen LogP contribution is -1.86. The Kier molecular flexibility index (Phi) is 1.92. The third-order valence-electron chi connectivity index (χ3n) is 2.00. The Bertz CT molecular complexity index is 436. The van der Waals surface area contributed by atoms with Crippen LogP contribution in [-0.4, -0.2) is 15.1 Å². The van der Waals surface area contributed by atoms with E-state index in [0.29, 0.717) is 5.92 Å². The molecule has 0 aliphatic heterocycles. The lowest BCUT2D eigenvalue weighted by Gasteiger charge is -2.02. The molecule has 0 saturated carbocycles. The Hall–Kier alpha value is -1.16. The predicted molar refractivity (Wildman–Crippen MR) is 53.2 cm³/mol. The van der Waals surface area contributed by atoms with Crippen LogP contribution in [0.5, 0.6) is 5.88 Å². The summed E-state index contributed by atoms with van der Waals surface area (Å²) in [7, 11) is 0. The van der Waals surface area contributed by atoms with Crippen LogP contribution in [0.2, 0.25) is 0 Å². The minimum atomic E-state index is 0.0925. The first kappa shape index (κ1) is 8.44. The quantitative estimate of drug-likeness (QED) is 0.758. The lowest BCUT2D eigenvalue weighted by atomic mass is 10.0. The summed E-state index contributed by atoms with van der Waals surface area (Å²) in [6, 6.07) is 0. The van der Waals surface area contributed by atoms with Crippen LogP contribution in [0.3, 0.4) is 0 Å². The summed E-state index contributed by atoms with van der Waals surface area (Å²) in [5.41, 5.74) is 1.12. The molecule has 13 heavy (non-hydrogen) atoms. The molecule has 0 spiro atoms. The second-order valence-corrected chi connectivity index (χ2v) is 4.08. The van der Waals surface area contributed by atoms with Crippen molar-refractivity contribution in [3.8, 4) is 5.88 Å². The fraction of sp³-hybridized carbons (Fsp3) is 0.333. The number of aromatic hydroxyl groups is 1. The third kappa shape index (κ3) is 1.27. The maximum atomic E-state index is 9.55. The van der Waals surface area contributed by atoms with Crippen molar-refractivity contribution in [2.75, 3.05) is 0 Å². The Morgan fingerprint density at radius 2 is 2.15 bits per heavy atom. The Morgan fingerprint density at radius 1 is 1.38 bits per heavy atom. The van der Waals surface area contributed by atoms with Crippen LogP contribution in [0.4, 0.5) is 0 Å². The highest BCUT2D eigenvalue weighted by atomic mass is 32.1. The van der Waals surface area contributed by atoms with Crippen molar-refractivity contribution in [2.24, 2.45) is 0 Å². The van der Waals surface area contributed by atoms with Crippen LogP contribution in [0.15, 0.2) is 11.7 Å². The monoisotopic (exact) mass is 194 g/mol. The molecule has 0 atom stereocenters. The van der Waals surface area contributed by atoms with Gasteiger partial charge >= 0.3 is 0 Å². The second kappa shape index (κ2) is 2.96. The average molecular weight is 194 g/mol. The van der Waals surface area contributed by atoms with E-state index in [1.165, 1.54) is 6.33 Å². The van der Waals surface area contributed by atoms with Gasteiger partial charge in [0.25, 0.3) is 0 Å². The molecule has 0 fully saturated rings. The minimum absolute atomic E-state index is 0.0925. The first-order chi connectivity index (χ1) is 6.20. The van der Waals surface area contributed by atoms with Crippen LogP contribution < -0.4 is 0 Å². The van der Waals surface area contributed by atoms with Crippen LogP contribution >= 0.6 is 11.3 Å². The van der Waals surface area contributed by atoms with E-state index >= 15 is 0 Å². The van der Waals surface area contributed by atoms with Crippen LogP contribution in [0.1, 0.15) is 25.3 Å². The number of thiophene rings is 1. The fourth-order valence-electron chi connectivity index (χ4n) is 1.31. The van der Waals surface area contributed by atoms with Gasteiger partial charge in [0.15, 0.2) is 0 Å². The molecule has 4 heteroatoms. The number of nitrogens with zero attached hydrogens (tertiary/aromatic N) is 2. The summed E-state index contributed by atoms with van der Waals surface area (Å²) in [4.78, 5) is 8.72. The van der Waals surface area contributed by atoms with Gasteiger partial charge in [0.2, 0.25) is 5.88 Å². The van der Waals surface area contributed by atoms with Crippen molar-refractivity contribution in [3.63, 3.8) is 0 Å². The van der Waals surface area contributed by atoms with Gasteiger partial charge in [-0.25, -0.2) is 9.97 Å². The van der Waals surface area contributed by atoms with Gasteiger partial charge in [0.1, 0.15) is 11.2 Å². The van der Waals surface area contributed by atoms with E-state index < -0.39 is 0 Å². The smallest absolute Gasteiger partial charge is 0.223 e. The molecular formula is C9H10N2OS. The van der Waals surface area contributed by atoms with Crippen molar-refractivity contribution in [1.82, 2.24) is 9.97 Å². The van der Waals surface area contributed by atoms with E-state index in [-0.39, 0.29) is 5.88 Å². The van der Waals surface area contributed by atoms with Crippen LogP contribution in [0, 0.1) is 0 Å². The molecule has 68 valence electrons. The van der Waals surface area contributed by atoms with Crippen molar-refractivity contribution >= 4 is 21.6 Å². The van der Waals surface area contributed by atoms with Gasteiger partial charge in [-0.2, -0.15) is 0 Å². The van der Waals surface area contributed by atoms with E-state index in [9.17, 15) is 5.11 Å². The molecule has 2 aromatic rings. The van der Waals surface area contributed by atoms with Crippen molar-refractivity contribution in [3.05, 3.63) is 17.3 Å². The van der Waals surface area contributed by atoms with Gasteiger partial charge in [-0.3, -0.25) is 0 Å². The molecule has 2 aromatic heterocycles. The molecule has 0 aliphatic rings. The number of fused-ring (bicyclic) bond motifs is 1. The molecule has 0 aromatic carbocycles. The zero-order chi connectivity index (χ0) is 9.42. The summed E-state index contributed by atoms with van der Waals surface area (Å²) in [6.07, 6.45) is 1.39. The maximum absolute atomic E-state index is 9.55. The highest BCUT2D eigenvalue weighted by molar-refractivity contribution is 7.17. The van der Waals surface area contributed by atoms with Gasteiger partial charge in [0, 0.05) is 0 Å². The van der Waals surface area contributed by atoms with E-state index in [1.807, 2.05) is 5.38 Å². The number of rotatable bonds is 1. The topological polar surface area (TPSA) is 46.0 Å². The van der Waals surface area contributed by atoms with Crippen molar-refractivity contribution < 1.29 is 5.11 Å². The molecular weight excluding hydrogens is 184 g/mol. The second-order valence-electron chi connectivity index (χ2n) is 3.22. The fourth-order valence-corrected chi connectivity index (χ4v) is 2.37. The summed E-state index contributed by atoms with van der Waals surface area (Å²) in [5, 5.41) is 12.4. The normalized spacial score (nSPS) is 11.3. The maximum Gasteiger partial charge on any atom is 0.223 e. The molecule has 2 heterocycles. The zero-order valence-electron chi connectivity index (χ0n) is 7.48. The minimum Gasteiger partial charge on any atom is -0.493 e. The average Bonchev–Trinajstić information content (AvgIpc) is 2.49. The van der Waals surface area contributed by atoms with Gasteiger partial charge in [-0.1, -0.05) is 13.8 Å². The Balaban J connectivity index is 2.79. The molecule has 0 bridgehead atoms. The molecule has 0 saturated heterocycles. The lowest BCUT2D eigenvalue weighted by molar-refractivity contribution is 0.459. The first-order valence-corrected chi connectivity index (χ1v) is 4.99. The number of aromatic nitrogens is 2. The summed E-state index contributed by atoms with van der Waals surface area (Å²) < 4.78 is 0. The zero-order valence-corrected chi connectivity index (χ0v) is 8.30. The molecule has 2 rings (SSSR count). The largest absolute Gasteiger partial charge is 0.493 e. The SMILES string of the molecule is CC(C)c1csc2ncnc(O)c12. The Morgan fingerprint density at radius 3 is 2.85 bits per heavy atom. The summed E-state index contributed by atoms with van der Waals surface area (Å²) >= 11 is 1.55. The first-order valence-electron chi connectivity index (χ1n) is 4.11. The number of hydrogen-bond acceptors (Lipinski definition) is 4. The molecule has 1 N–H and O–H groups in total. The van der Waals surface area contributed by atoms with Gasteiger partial charge in [0.05, 0.1) is 5.39 Å². The molecule has 3 nitrogen and oxygen atoms in total. The van der Waals surface area contributed by atoms with Gasteiger partial charge in [-0.05, 0) is 16.9 Å². The van der Waals surface area contributed by atoms with Crippen molar-refractivity contribution in [1.29, 1.82) is 0 Å². The Labute approximate surface area is 80.1 Å². The van der Waals surface area contributed by atoms with Crippen LogP contribution in [-0.2, 0) is 0 Å². The molecule has 0 unspecified atom stereocenters. The standard InChI is InChI=1S/C9H10N2OS/c1-5(2)6-3-13-9-7(6)8(12)10-4-11-9/h3-5H,1-2H3,(H,10,11,12). The van der Waals surface area contributed by atoms with Crippen molar-refractivity contribution in [2.45, 2.75) is 19.8 Å².